The van der Waals surface area contributed by atoms with Gasteiger partial charge in [-0.1, -0.05) is 19.8 Å². The molecule has 5 heteroatoms. The van der Waals surface area contributed by atoms with Crippen molar-refractivity contribution in [2.24, 2.45) is 16.8 Å². The molecule has 0 aromatic heterocycles. The molecule has 0 atom stereocenters. The number of hydrogen-bond acceptors (Lipinski definition) is 2. The molecule has 0 unspecified atom stereocenters. The predicted molar refractivity (Wildman–Crippen MR) is 106 cm³/mol. The number of piperidine rings is 1. The van der Waals surface area contributed by atoms with Crippen LogP contribution in [0.1, 0.15) is 52.4 Å². The lowest BCUT2D eigenvalue weighted by Gasteiger charge is -2.29. The van der Waals surface area contributed by atoms with Gasteiger partial charge in [0.2, 0.25) is 0 Å². The summed E-state index contributed by atoms with van der Waals surface area (Å²) in [6.07, 6.45) is 8.08. The molecular weight excluding hydrogens is 387 g/mol. The van der Waals surface area contributed by atoms with Gasteiger partial charge in [0.25, 0.3) is 0 Å². The number of likely N-dealkylation sites (tertiary alicyclic amines) is 1. The molecule has 2 fully saturated rings. The summed E-state index contributed by atoms with van der Waals surface area (Å²) < 4.78 is 0. The minimum atomic E-state index is 0. The van der Waals surface area contributed by atoms with E-state index in [4.69, 9.17) is 4.99 Å². The zero-order chi connectivity index (χ0) is 14.9. The Labute approximate surface area is 153 Å². The summed E-state index contributed by atoms with van der Waals surface area (Å²) in [4.78, 5) is 7.30. The minimum absolute atomic E-state index is 0. The number of aliphatic imine (C=N–C) groups is 1. The van der Waals surface area contributed by atoms with Gasteiger partial charge in [-0.05, 0) is 64.1 Å². The number of hydrogen-bond donors (Lipinski definition) is 2. The second-order valence-corrected chi connectivity index (χ2v) is 6.80. The lowest BCUT2D eigenvalue weighted by atomic mass is 9.99. The molecule has 1 heterocycles. The van der Waals surface area contributed by atoms with E-state index >= 15 is 0 Å². The summed E-state index contributed by atoms with van der Waals surface area (Å²) in [5, 5.41) is 6.81. The number of rotatable bonds is 8. The second kappa shape index (κ2) is 11.5. The van der Waals surface area contributed by atoms with Crippen LogP contribution in [0.25, 0.3) is 0 Å². The molecule has 0 bridgehead atoms. The number of guanidine groups is 1. The summed E-state index contributed by atoms with van der Waals surface area (Å²) in [7, 11) is 0. The fourth-order valence-corrected chi connectivity index (χ4v) is 2.91. The molecule has 0 spiro atoms. The van der Waals surface area contributed by atoms with Crippen LogP contribution < -0.4 is 10.6 Å². The molecule has 4 nitrogen and oxygen atoms in total. The highest BCUT2D eigenvalue weighted by atomic mass is 127. The first-order valence-corrected chi connectivity index (χ1v) is 9.02. The minimum Gasteiger partial charge on any atom is -0.357 e. The first-order valence-electron chi connectivity index (χ1n) is 9.02. The molecule has 130 valence electrons. The van der Waals surface area contributed by atoms with Crippen molar-refractivity contribution < 1.29 is 0 Å². The Bertz CT molecular complexity index is 310. The van der Waals surface area contributed by atoms with Crippen molar-refractivity contribution >= 4 is 29.9 Å². The Morgan fingerprint density at radius 3 is 2.50 bits per heavy atom. The lowest BCUT2D eigenvalue weighted by molar-refractivity contribution is 0.192. The summed E-state index contributed by atoms with van der Waals surface area (Å²) in [6, 6.07) is 0. The van der Waals surface area contributed by atoms with Crippen molar-refractivity contribution in [3.8, 4) is 0 Å². The van der Waals surface area contributed by atoms with E-state index in [0.717, 1.165) is 37.4 Å². The van der Waals surface area contributed by atoms with Crippen LogP contribution in [0.4, 0.5) is 0 Å². The predicted octanol–water partition coefficient (Wildman–Crippen LogP) is 3.08. The van der Waals surface area contributed by atoms with E-state index in [0.29, 0.717) is 0 Å². The second-order valence-electron chi connectivity index (χ2n) is 6.80. The van der Waals surface area contributed by atoms with Gasteiger partial charge in [0.05, 0.1) is 0 Å². The van der Waals surface area contributed by atoms with E-state index in [-0.39, 0.29) is 24.0 Å². The van der Waals surface area contributed by atoms with Gasteiger partial charge in [0.1, 0.15) is 0 Å². The summed E-state index contributed by atoms with van der Waals surface area (Å²) >= 11 is 0. The third-order valence-corrected chi connectivity index (χ3v) is 4.66. The van der Waals surface area contributed by atoms with E-state index < -0.39 is 0 Å². The summed E-state index contributed by atoms with van der Waals surface area (Å²) in [5.41, 5.74) is 0. The number of nitrogens with one attached hydrogen (secondary N) is 2. The molecular formula is C17H35IN4. The van der Waals surface area contributed by atoms with Crippen LogP contribution in [0.2, 0.25) is 0 Å². The monoisotopic (exact) mass is 422 g/mol. The van der Waals surface area contributed by atoms with Crippen LogP contribution in [0, 0.1) is 11.8 Å². The van der Waals surface area contributed by atoms with Crippen LogP contribution in [0.3, 0.4) is 0 Å². The largest absolute Gasteiger partial charge is 0.357 e. The van der Waals surface area contributed by atoms with Gasteiger partial charge in [0.15, 0.2) is 5.96 Å². The quantitative estimate of drug-likeness (QED) is 0.273. The van der Waals surface area contributed by atoms with Gasteiger partial charge < -0.3 is 15.5 Å². The van der Waals surface area contributed by atoms with Crippen LogP contribution in [0.5, 0.6) is 0 Å². The number of nitrogens with zero attached hydrogens (tertiary/aromatic N) is 2. The fraction of sp³-hybridized carbons (Fsp3) is 0.941. The maximum atomic E-state index is 4.70. The Balaban J connectivity index is 0.00000242. The topological polar surface area (TPSA) is 39.7 Å². The van der Waals surface area contributed by atoms with E-state index in [1.54, 1.807) is 0 Å². The zero-order valence-corrected chi connectivity index (χ0v) is 16.8. The van der Waals surface area contributed by atoms with E-state index in [2.05, 4.69) is 29.4 Å². The maximum absolute atomic E-state index is 4.70. The van der Waals surface area contributed by atoms with Crippen molar-refractivity contribution in [1.29, 1.82) is 0 Å². The molecule has 0 amide bonds. The van der Waals surface area contributed by atoms with Crippen molar-refractivity contribution in [2.75, 3.05) is 39.3 Å². The third kappa shape index (κ3) is 8.56. The molecule has 1 saturated carbocycles. The Hall–Kier alpha value is -0.0400. The molecule has 0 aromatic carbocycles. The average molecular weight is 422 g/mol. The highest BCUT2D eigenvalue weighted by molar-refractivity contribution is 14.0. The standard InChI is InChI=1S/C17H34N4.HI/c1-3-18-17(20-11-7-16-5-6-16)19-10-4-12-21-13-8-15(2)9-14-21;/h15-16H,3-14H2,1-2H3,(H2,18,19,20);1H. The van der Waals surface area contributed by atoms with Crippen molar-refractivity contribution in [3.05, 3.63) is 0 Å². The molecule has 1 aliphatic carbocycles. The fourth-order valence-electron chi connectivity index (χ4n) is 2.91. The van der Waals surface area contributed by atoms with Crippen molar-refractivity contribution in [2.45, 2.75) is 52.4 Å². The smallest absolute Gasteiger partial charge is 0.191 e. The van der Waals surface area contributed by atoms with Crippen LogP contribution in [0.15, 0.2) is 4.99 Å². The lowest BCUT2D eigenvalue weighted by Crippen LogP contribution is -2.38. The van der Waals surface area contributed by atoms with E-state index in [1.807, 2.05) is 0 Å². The molecule has 2 N–H and O–H groups in total. The van der Waals surface area contributed by atoms with Gasteiger partial charge in [-0.15, -0.1) is 24.0 Å². The summed E-state index contributed by atoms with van der Waals surface area (Å²) in [5.74, 6) is 2.92. The average Bonchev–Trinajstić information content (AvgIpc) is 3.29. The Kier molecular flexibility index (Phi) is 10.4. The molecule has 1 aliphatic heterocycles. The Morgan fingerprint density at radius 2 is 1.86 bits per heavy atom. The first kappa shape index (κ1) is 20.0. The van der Waals surface area contributed by atoms with Gasteiger partial charge in [0, 0.05) is 19.6 Å². The van der Waals surface area contributed by atoms with Gasteiger partial charge >= 0.3 is 0 Å². The molecule has 0 aromatic rings. The van der Waals surface area contributed by atoms with E-state index in [9.17, 15) is 0 Å². The molecule has 2 rings (SSSR count). The van der Waals surface area contributed by atoms with Gasteiger partial charge in [-0.2, -0.15) is 0 Å². The normalized spacial score (nSPS) is 20.5. The molecule has 2 aliphatic rings. The van der Waals surface area contributed by atoms with Crippen molar-refractivity contribution in [1.82, 2.24) is 15.5 Å². The Morgan fingerprint density at radius 1 is 1.14 bits per heavy atom. The van der Waals surface area contributed by atoms with Gasteiger partial charge in [-0.25, -0.2) is 0 Å². The highest BCUT2D eigenvalue weighted by Crippen LogP contribution is 2.31. The van der Waals surface area contributed by atoms with Crippen molar-refractivity contribution in [3.63, 3.8) is 0 Å². The zero-order valence-electron chi connectivity index (χ0n) is 14.4. The summed E-state index contributed by atoms with van der Waals surface area (Å²) in [6.45, 7) is 11.2. The first-order chi connectivity index (χ1) is 10.3. The van der Waals surface area contributed by atoms with Crippen LogP contribution in [-0.4, -0.2) is 50.1 Å². The molecule has 0 radical (unpaired) electrons. The maximum Gasteiger partial charge on any atom is 0.191 e. The van der Waals surface area contributed by atoms with Crippen LogP contribution >= 0.6 is 24.0 Å². The SMILES string of the molecule is CCNC(=NCCCN1CCC(C)CC1)NCCC1CC1.I. The third-order valence-electron chi connectivity index (χ3n) is 4.66. The highest BCUT2D eigenvalue weighted by Gasteiger charge is 2.20. The van der Waals surface area contributed by atoms with E-state index in [1.165, 1.54) is 58.2 Å². The molecule has 1 saturated heterocycles. The molecule has 22 heavy (non-hydrogen) atoms. The number of halogens is 1. The van der Waals surface area contributed by atoms with Crippen LogP contribution in [-0.2, 0) is 0 Å². The van der Waals surface area contributed by atoms with Gasteiger partial charge in [-0.3, -0.25) is 4.99 Å².